The number of hydrogen-bond donors (Lipinski definition) is 1. The lowest BCUT2D eigenvalue weighted by Gasteiger charge is -2.57. The van der Waals surface area contributed by atoms with E-state index in [0.29, 0.717) is 11.8 Å². The van der Waals surface area contributed by atoms with Gasteiger partial charge in [0.15, 0.2) is 0 Å². The Hall–Kier alpha value is 0.250. The minimum atomic E-state index is -0.518. The first-order valence-corrected chi connectivity index (χ1v) is 6.94. The van der Waals surface area contributed by atoms with Crippen LogP contribution >= 0.6 is 11.6 Å². The SMILES string of the molecule is C[C@@H]1CC[C@H]2C(C)(C)C[C@](C)(Cl)C[C@]2(O)C1. The average molecular weight is 245 g/mol. The summed E-state index contributed by atoms with van der Waals surface area (Å²) in [5.74, 6) is 1.07. The lowest BCUT2D eigenvalue weighted by molar-refractivity contribution is -0.145. The van der Waals surface area contributed by atoms with Crippen LogP contribution in [0.1, 0.15) is 59.8 Å². The van der Waals surface area contributed by atoms with Crippen LogP contribution in [0.25, 0.3) is 0 Å². The molecule has 0 radical (unpaired) electrons. The molecule has 4 atom stereocenters. The summed E-state index contributed by atoms with van der Waals surface area (Å²) in [6.45, 7) is 8.89. The first kappa shape index (κ1) is 12.7. The minimum absolute atomic E-state index is 0.170. The standard InChI is InChI=1S/C14H25ClO/c1-10-5-6-11-12(2,3)8-13(4,15)9-14(11,16)7-10/h10-11,16H,5-9H2,1-4H3/t10-,11+,13+,14-/m1/s1. The van der Waals surface area contributed by atoms with Crippen LogP contribution in [0.4, 0.5) is 0 Å². The van der Waals surface area contributed by atoms with Crippen LogP contribution in [0, 0.1) is 17.3 Å². The van der Waals surface area contributed by atoms with E-state index in [-0.39, 0.29) is 10.3 Å². The first-order valence-electron chi connectivity index (χ1n) is 6.56. The summed E-state index contributed by atoms with van der Waals surface area (Å²) in [5, 5.41) is 10.9. The number of alkyl halides is 1. The smallest absolute Gasteiger partial charge is 0.0700 e. The zero-order chi connectivity index (χ0) is 12.2. The van der Waals surface area contributed by atoms with E-state index in [1.165, 1.54) is 6.42 Å². The lowest BCUT2D eigenvalue weighted by atomic mass is 9.53. The van der Waals surface area contributed by atoms with Gasteiger partial charge in [-0.3, -0.25) is 0 Å². The molecule has 2 fully saturated rings. The Balaban J connectivity index is 2.31. The molecule has 1 nitrogen and oxygen atoms in total. The summed E-state index contributed by atoms with van der Waals surface area (Å²) in [7, 11) is 0. The van der Waals surface area contributed by atoms with E-state index in [2.05, 4.69) is 27.7 Å². The van der Waals surface area contributed by atoms with Crippen LogP contribution in [-0.4, -0.2) is 15.6 Å². The van der Waals surface area contributed by atoms with Gasteiger partial charge in [-0.25, -0.2) is 0 Å². The molecule has 2 heteroatoms. The second-order valence-corrected chi connectivity index (χ2v) is 8.21. The summed E-state index contributed by atoms with van der Waals surface area (Å²) >= 11 is 6.55. The molecule has 2 aliphatic carbocycles. The second kappa shape index (κ2) is 3.62. The molecule has 0 bridgehead atoms. The van der Waals surface area contributed by atoms with Gasteiger partial charge in [-0.05, 0) is 49.9 Å². The number of fused-ring (bicyclic) bond motifs is 1. The van der Waals surface area contributed by atoms with Gasteiger partial charge in [-0.15, -0.1) is 11.6 Å². The highest BCUT2D eigenvalue weighted by Crippen LogP contribution is 2.58. The molecule has 0 spiro atoms. The fourth-order valence-electron chi connectivity index (χ4n) is 4.66. The summed E-state index contributed by atoms with van der Waals surface area (Å²) in [6, 6.07) is 0. The van der Waals surface area contributed by atoms with Gasteiger partial charge < -0.3 is 5.11 Å². The zero-order valence-electron chi connectivity index (χ0n) is 11.0. The van der Waals surface area contributed by atoms with Crippen molar-refractivity contribution >= 4 is 11.6 Å². The molecule has 0 aromatic rings. The lowest BCUT2D eigenvalue weighted by Crippen LogP contribution is -2.57. The van der Waals surface area contributed by atoms with Crippen LogP contribution in [-0.2, 0) is 0 Å². The predicted octanol–water partition coefficient (Wildman–Crippen LogP) is 3.97. The normalized spacial score (nSPS) is 52.1. The Labute approximate surface area is 105 Å². The van der Waals surface area contributed by atoms with E-state index < -0.39 is 5.60 Å². The van der Waals surface area contributed by atoms with Crippen molar-refractivity contribution in [2.75, 3.05) is 0 Å². The maximum absolute atomic E-state index is 10.9. The number of halogens is 1. The minimum Gasteiger partial charge on any atom is -0.390 e. The molecule has 0 heterocycles. The number of aliphatic hydroxyl groups is 1. The van der Waals surface area contributed by atoms with Crippen molar-refractivity contribution < 1.29 is 5.11 Å². The highest BCUT2D eigenvalue weighted by molar-refractivity contribution is 6.23. The Morgan fingerprint density at radius 1 is 1.12 bits per heavy atom. The molecule has 0 amide bonds. The summed E-state index contributed by atoms with van der Waals surface area (Å²) in [4.78, 5) is -0.230. The van der Waals surface area contributed by atoms with Crippen molar-refractivity contribution in [3.8, 4) is 0 Å². The Bertz CT molecular complexity index is 284. The molecular weight excluding hydrogens is 220 g/mol. The van der Waals surface area contributed by atoms with E-state index in [1.807, 2.05) is 0 Å². The summed E-state index contributed by atoms with van der Waals surface area (Å²) < 4.78 is 0. The van der Waals surface area contributed by atoms with Crippen LogP contribution < -0.4 is 0 Å². The highest BCUT2D eigenvalue weighted by Gasteiger charge is 2.56. The molecule has 0 aliphatic heterocycles. The Morgan fingerprint density at radius 2 is 1.75 bits per heavy atom. The Morgan fingerprint density at radius 3 is 2.38 bits per heavy atom. The molecule has 0 unspecified atom stereocenters. The predicted molar refractivity (Wildman–Crippen MR) is 68.7 cm³/mol. The van der Waals surface area contributed by atoms with Gasteiger partial charge in [0.1, 0.15) is 0 Å². The molecule has 2 rings (SSSR count). The molecule has 2 saturated carbocycles. The van der Waals surface area contributed by atoms with Gasteiger partial charge in [0.25, 0.3) is 0 Å². The molecule has 0 aromatic heterocycles. The fourth-order valence-corrected chi connectivity index (χ4v) is 5.23. The monoisotopic (exact) mass is 244 g/mol. The second-order valence-electron chi connectivity index (χ2n) is 7.30. The third-order valence-electron chi connectivity index (χ3n) is 4.74. The van der Waals surface area contributed by atoms with Crippen molar-refractivity contribution in [1.29, 1.82) is 0 Å². The van der Waals surface area contributed by atoms with Crippen LogP contribution in [0.15, 0.2) is 0 Å². The molecule has 1 N–H and O–H groups in total. The van der Waals surface area contributed by atoms with Gasteiger partial charge in [0, 0.05) is 4.87 Å². The maximum atomic E-state index is 10.9. The highest BCUT2D eigenvalue weighted by atomic mass is 35.5. The first-order chi connectivity index (χ1) is 7.15. The van der Waals surface area contributed by atoms with Crippen LogP contribution in [0.3, 0.4) is 0 Å². The van der Waals surface area contributed by atoms with Gasteiger partial charge in [-0.2, -0.15) is 0 Å². The van der Waals surface area contributed by atoms with Gasteiger partial charge >= 0.3 is 0 Å². The topological polar surface area (TPSA) is 20.2 Å². The number of hydrogen-bond acceptors (Lipinski definition) is 1. The van der Waals surface area contributed by atoms with Crippen LogP contribution in [0.5, 0.6) is 0 Å². The largest absolute Gasteiger partial charge is 0.390 e. The van der Waals surface area contributed by atoms with E-state index in [9.17, 15) is 5.11 Å². The number of rotatable bonds is 0. The van der Waals surface area contributed by atoms with Crippen LogP contribution in [0.2, 0.25) is 0 Å². The summed E-state index contributed by atoms with van der Waals surface area (Å²) in [5.41, 5.74) is -0.348. The third-order valence-corrected chi connectivity index (χ3v) is 5.01. The molecule has 2 aliphatic rings. The molecular formula is C14H25ClO. The molecule has 0 saturated heterocycles. The van der Waals surface area contributed by atoms with E-state index in [1.54, 1.807) is 0 Å². The maximum Gasteiger partial charge on any atom is 0.0700 e. The van der Waals surface area contributed by atoms with Crippen molar-refractivity contribution in [3.05, 3.63) is 0 Å². The fraction of sp³-hybridized carbons (Fsp3) is 1.00. The summed E-state index contributed by atoms with van der Waals surface area (Å²) in [6.07, 6.45) is 5.14. The average Bonchev–Trinajstić information content (AvgIpc) is 1.95. The molecule has 16 heavy (non-hydrogen) atoms. The van der Waals surface area contributed by atoms with Crippen molar-refractivity contribution in [1.82, 2.24) is 0 Å². The van der Waals surface area contributed by atoms with E-state index in [0.717, 1.165) is 25.7 Å². The quantitative estimate of drug-likeness (QED) is 0.640. The van der Waals surface area contributed by atoms with Crippen molar-refractivity contribution in [3.63, 3.8) is 0 Å². The van der Waals surface area contributed by atoms with Crippen molar-refractivity contribution in [2.45, 2.75) is 70.3 Å². The van der Waals surface area contributed by atoms with Crippen molar-refractivity contribution in [2.24, 2.45) is 17.3 Å². The third kappa shape index (κ3) is 2.13. The van der Waals surface area contributed by atoms with Gasteiger partial charge in [-0.1, -0.05) is 27.2 Å². The molecule has 94 valence electrons. The molecule has 0 aromatic carbocycles. The van der Waals surface area contributed by atoms with Gasteiger partial charge in [0.2, 0.25) is 0 Å². The zero-order valence-corrected chi connectivity index (χ0v) is 11.8. The van der Waals surface area contributed by atoms with Gasteiger partial charge in [0.05, 0.1) is 5.60 Å². The Kier molecular flexibility index (Phi) is 2.87. The van der Waals surface area contributed by atoms with E-state index >= 15 is 0 Å². The van der Waals surface area contributed by atoms with E-state index in [4.69, 9.17) is 11.6 Å².